The van der Waals surface area contributed by atoms with Crippen LogP contribution in [0.2, 0.25) is 0 Å². The van der Waals surface area contributed by atoms with E-state index in [-0.39, 0.29) is 11.7 Å². The van der Waals surface area contributed by atoms with E-state index in [4.69, 9.17) is 4.74 Å². The Balaban J connectivity index is 1.67. The normalized spacial score (nSPS) is 10.8. The summed E-state index contributed by atoms with van der Waals surface area (Å²) in [6, 6.07) is 18.0. The Morgan fingerprint density at radius 1 is 1.10 bits per heavy atom. The number of hydrogen-bond acceptors (Lipinski definition) is 5. The van der Waals surface area contributed by atoms with Gasteiger partial charge in [-0.2, -0.15) is 0 Å². The monoisotopic (exact) mass is 410 g/mol. The average Bonchev–Trinajstić information content (AvgIpc) is 3.13. The van der Waals surface area contributed by atoms with Crippen molar-refractivity contribution in [1.82, 2.24) is 14.8 Å². The van der Waals surface area contributed by atoms with Crippen molar-refractivity contribution < 1.29 is 9.53 Å². The van der Waals surface area contributed by atoms with Gasteiger partial charge in [0.05, 0.1) is 12.4 Å². The Morgan fingerprint density at radius 2 is 1.86 bits per heavy atom. The number of aryl methyl sites for hydroxylation is 1. The van der Waals surface area contributed by atoms with Gasteiger partial charge in [0.2, 0.25) is 5.91 Å². The van der Waals surface area contributed by atoms with Crippen LogP contribution in [0.5, 0.6) is 0 Å². The van der Waals surface area contributed by atoms with E-state index in [1.54, 1.807) is 7.11 Å². The molecule has 0 atom stereocenters. The largest absolute Gasteiger partial charge is 0.383 e. The molecule has 2 aromatic carbocycles. The number of nitrogens with one attached hydrogen (secondary N) is 1. The first-order valence-corrected chi connectivity index (χ1v) is 10.6. The van der Waals surface area contributed by atoms with Gasteiger partial charge in [-0.25, -0.2) is 0 Å². The van der Waals surface area contributed by atoms with E-state index in [2.05, 4.69) is 34.6 Å². The lowest BCUT2D eigenvalue weighted by molar-refractivity contribution is -0.113. The summed E-state index contributed by atoms with van der Waals surface area (Å²) in [5.41, 5.74) is 3.16. The molecule has 0 aliphatic carbocycles. The summed E-state index contributed by atoms with van der Waals surface area (Å²) in [5, 5.41) is 12.4. The summed E-state index contributed by atoms with van der Waals surface area (Å²) >= 11 is 1.39. The smallest absolute Gasteiger partial charge is 0.234 e. The highest BCUT2D eigenvalue weighted by atomic mass is 32.2. The van der Waals surface area contributed by atoms with E-state index in [9.17, 15) is 4.79 Å². The molecule has 0 bridgehead atoms. The van der Waals surface area contributed by atoms with E-state index in [0.29, 0.717) is 19.6 Å². The second kappa shape index (κ2) is 10.8. The predicted octanol–water partition coefficient (Wildman–Crippen LogP) is 3.81. The van der Waals surface area contributed by atoms with Crippen molar-refractivity contribution in [2.75, 3.05) is 24.8 Å². The van der Waals surface area contributed by atoms with Crippen molar-refractivity contribution in [2.24, 2.45) is 0 Å². The van der Waals surface area contributed by atoms with Crippen molar-refractivity contribution in [2.45, 2.75) is 31.5 Å². The fourth-order valence-electron chi connectivity index (χ4n) is 3.01. The highest BCUT2D eigenvalue weighted by Gasteiger charge is 2.15. The van der Waals surface area contributed by atoms with Gasteiger partial charge in [-0.05, 0) is 23.6 Å². The molecule has 7 heteroatoms. The average molecular weight is 411 g/mol. The number of ether oxygens (including phenoxy) is 1. The van der Waals surface area contributed by atoms with Crippen LogP contribution in [0.15, 0.2) is 59.8 Å². The van der Waals surface area contributed by atoms with Crippen LogP contribution in [-0.4, -0.2) is 40.1 Å². The van der Waals surface area contributed by atoms with Crippen LogP contribution in [0.3, 0.4) is 0 Å². The number of carbonyl (C=O) groups excluding carboxylic acids is 1. The van der Waals surface area contributed by atoms with Crippen LogP contribution < -0.4 is 5.32 Å². The molecule has 0 unspecified atom stereocenters. The molecule has 3 rings (SSSR count). The van der Waals surface area contributed by atoms with Gasteiger partial charge in [-0.1, -0.05) is 67.2 Å². The van der Waals surface area contributed by atoms with Gasteiger partial charge in [-0.3, -0.25) is 4.79 Å². The van der Waals surface area contributed by atoms with Crippen LogP contribution in [0, 0.1) is 0 Å². The minimum absolute atomic E-state index is 0.0539. The summed E-state index contributed by atoms with van der Waals surface area (Å²) in [4.78, 5) is 12.5. The minimum Gasteiger partial charge on any atom is -0.383 e. The zero-order chi connectivity index (χ0) is 20.5. The SMILES string of the molecule is CCc1ccccc1NC(=O)CSc1nnc(Cc2ccccc2)n1CCOC. The number of anilines is 1. The van der Waals surface area contributed by atoms with E-state index >= 15 is 0 Å². The van der Waals surface area contributed by atoms with Crippen molar-refractivity contribution >= 4 is 23.4 Å². The molecule has 0 aliphatic rings. The Morgan fingerprint density at radius 3 is 2.62 bits per heavy atom. The predicted molar refractivity (Wildman–Crippen MR) is 116 cm³/mol. The third-order valence-electron chi connectivity index (χ3n) is 4.52. The summed E-state index contributed by atoms with van der Waals surface area (Å²) in [5.74, 6) is 1.09. The molecule has 1 heterocycles. The van der Waals surface area contributed by atoms with Crippen molar-refractivity contribution in [3.05, 3.63) is 71.5 Å². The zero-order valence-electron chi connectivity index (χ0n) is 16.8. The molecule has 0 radical (unpaired) electrons. The standard InChI is InChI=1S/C22H26N4O2S/c1-3-18-11-7-8-12-19(18)23-21(27)16-29-22-25-24-20(26(22)13-14-28-2)15-17-9-5-4-6-10-17/h4-12H,3,13-16H2,1-2H3,(H,23,27). The van der Waals surface area contributed by atoms with Gasteiger partial charge in [0.15, 0.2) is 5.16 Å². The molecular weight excluding hydrogens is 384 g/mol. The van der Waals surface area contributed by atoms with Crippen LogP contribution in [0.4, 0.5) is 5.69 Å². The molecule has 3 aromatic rings. The maximum absolute atomic E-state index is 12.5. The molecule has 0 saturated carbocycles. The number of hydrogen-bond donors (Lipinski definition) is 1. The first-order valence-electron chi connectivity index (χ1n) is 9.66. The number of para-hydroxylation sites is 1. The van der Waals surface area contributed by atoms with E-state index < -0.39 is 0 Å². The lowest BCUT2D eigenvalue weighted by Gasteiger charge is -2.11. The molecule has 0 spiro atoms. The number of amides is 1. The second-order valence-corrected chi connectivity index (χ2v) is 7.50. The Labute approximate surface area is 175 Å². The maximum atomic E-state index is 12.5. The van der Waals surface area contributed by atoms with Gasteiger partial charge < -0.3 is 14.6 Å². The maximum Gasteiger partial charge on any atom is 0.234 e. The van der Waals surface area contributed by atoms with Gasteiger partial charge in [0.25, 0.3) is 0 Å². The fourth-order valence-corrected chi connectivity index (χ4v) is 3.79. The highest BCUT2D eigenvalue weighted by molar-refractivity contribution is 7.99. The molecule has 152 valence electrons. The van der Waals surface area contributed by atoms with Gasteiger partial charge in [0.1, 0.15) is 5.82 Å². The van der Waals surface area contributed by atoms with Crippen LogP contribution >= 0.6 is 11.8 Å². The highest BCUT2D eigenvalue weighted by Crippen LogP contribution is 2.20. The molecule has 1 aromatic heterocycles. The second-order valence-electron chi connectivity index (χ2n) is 6.55. The van der Waals surface area contributed by atoms with Crippen LogP contribution in [-0.2, 0) is 28.9 Å². The van der Waals surface area contributed by atoms with Crippen LogP contribution in [0.25, 0.3) is 0 Å². The van der Waals surface area contributed by atoms with E-state index in [1.165, 1.54) is 17.3 Å². The third kappa shape index (κ3) is 5.92. The summed E-state index contributed by atoms with van der Waals surface area (Å²) in [6.45, 7) is 3.28. The number of thioether (sulfide) groups is 1. The quantitative estimate of drug-likeness (QED) is 0.515. The van der Waals surface area contributed by atoms with Gasteiger partial charge in [-0.15, -0.1) is 10.2 Å². The van der Waals surface area contributed by atoms with Gasteiger partial charge >= 0.3 is 0 Å². The third-order valence-corrected chi connectivity index (χ3v) is 5.49. The van der Waals surface area contributed by atoms with Crippen molar-refractivity contribution in [3.8, 4) is 0 Å². The van der Waals surface area contributed by atoms with Crippen LogP contribution in [0.1, 0.15) is 23.9 Å². The molecule has 1 N–H and O–H groups in total. The molecule has 0 fully saturated rings. The van der Waals surface area contributed by atoms with Crippen molar-refractivity contribution in [3.63, 3.8) is 0 Å². The molecule has 6 nitrogen and oxygen atoms in total. The van der Waals surface area contributed by atoms with E-state index in [1.807, 2.05) is 47.0 Å². The number of nitrogens with zero attached hydrogens (tertiary/aromatic N) is 3. The molecule has 29 heavy (non-hydrogen) atoms. The Kier molecular flexibility index (Phi) is 7.84. The lowest BCUT2D eigenvalue weighted by Crippen LogP contribution is -2.16. The Bertz CT molecular complexity index is 928. The topological polar surface area (TPSA) is 69.0 Å². The molecular formula is C22H26N4O2S. The summed E-state index contributed by atoms with van der Waals surface area (Å²) in [6.07, 6.45) is 1.56. The number of benzene rings is 2. The summed E-state index contributed by atoms with van der Waals surface area (Å²) in [7, 11) is 1.67. The first kappa shape index (κ1) is 21.1. The molecule has 1 amide bonds. The lowest BCUT2D eigenvalue weighted by atomic mass is 10.1. The number of carbonyl (C=O) groups is 1. The summed E-state index contributed by atoms with van der Waals surface area (Å²) < 4.78 is 7.28. The number of methoxy groups -OCH3 is 1. The first-order chi connectivity index (χ1) is 14.2. The van der Waals surface area contributed by atoms with Gasteiger partial charge in [0, 0.05) is 25.8 Å². The molecule has 0 saturated heterocycles. The number of aromatic nitrogens is 3. The van der Waals surface area contributed by atoms with E-state index in [0.717, 1.165) is 28.7 Å². The zero-order valence-corrected chi connectivity index (χ0v) is 17.6. The molecule has 0 aliphatic heterocycles. The van der Waals surface area contributed by atoms with Crippen molar-refractivity contribution in [1.29, 1.82) is 0 Å². The fraction of sp³-hybridized carbons (Fsp3) is 0.318. The minimum atomic E-state index is -0.0539. The Hall–Kier alpha value is -2.64. The number of rotatable bonds is 10.